The molecule has 0 bridgehead atoms. The van der Waals surface area contributed by atoms with Crippen LogP contribution in [0.4, 0.5) is 0 Å². The van der Waals surface area contributed by atoms with Gasteiger partial charge in [0.1, 0.15) is 11.4 Å². The van der Waals surface area contributed by atoms with E-state index in [1.807, 2.05) is 20.8 Å². The van der Waals surface area contributed by atoms with Gasteiger partial charge in [0.25, 0.3) is 0 Å². The minimum atomic E-state index is -0.507. The molecule has 2 rings (SSSR count). The van der Waals surface area contributed by atoms with Crippen LogP contribution in [-0.2, 0) is 21.6 Å². The number of carbonyl (C=O) groups excluding carboxylic acids is 1. The monoisotopic (exact) mass is 280 g/mol. The van der Waals surface area contributed by atoms with Crippen molar-refractivity contribution >= 4 is 5.78 Å². The van der Waals surface area contributed by atoms with Gasteiger partial charge in [0.05, 0.1) is 0 Å². The lowest BCUT2D eigenvalue weighted by Gasteiger charge is -2.23. The van der Waals surface area contributed by atoms with Crippen molar-refractivity contribution in [2.75, 3.05) is 6.61 Å². The molecule has 1 heterocycles. The van der Waals surface area contributed by atoms with Crippen LogP contribution in [0.15, 0.2) is 4.52 Å². The maximum Gasteiger partial charge on any atom is 0.227 e. The van der Waals surface area contributed by atoms with Crippen LogP contribution in [0.1, 0.15) is 64.6 Å². The van der Waals surface area contributed by atoms with Gasteiger partial charge in [-0.05, 0) is 33.1 Å². The van der Waals surface area contributed by atoms with Crippen molar-refractivity contribution in [2.24, 2.45) is 5.92 Å². The maximum absolute atomic E-state index is 11.8. The lowest BCUT2D eigenvalue weighted by Crippen LogP contribution is -2.26. The minimum absolute atomic E-state index is 0.0528. The first-order valence-electron chi connectivity index (χ1n) is 7.58. The topological polar surface area (TPSA) is 65.2 Å². The summed E-state index contributed by atoms with van der Waals surface area (Å²) < 4.78 is 11.1. The fourth-order valence-corrected chi connectivity index (χ4v) is 2.68. The number of hydrogen-bond acceptors (Lipinski definition) is 5. The number of Topliss-reactive ketones (excluding diaryl/α,β-unsaturated/α-hetero) is 1. The Morgan fingerprint density at radius 1 is 1.40 bits per heavy atom. The number of aromatic nitrogens is 2. The highest BCUT2D eigenvalue weighted by atomic mass is 16.5. The molecular weight excluding hydrogens is 256 g/mol. The molecule has 112 valence electrons. The second kappa shape index (κ2) is 6.48. The molecule has 0 aromatic carbocycles. The van der Waals surface area contributed by atoms with Crippen LogP contribution in [0.25, 0.3) is 0 Å². The quantitative estimate of drug-likeness (QED) is 0.801. The SMILES string of the molecule is CCOC(C)(CC)c1noc(CC2CCCCC2=O)n1. The van der Waals surface area contributed by atoms with Gasteiger partial charge in [-0.1, -0.05) is 18.5 Å². The van der Waals surface area contributed by atoms with Crippen LogP contribution in [0, 0.1) is 5.92 Å². The highest BCUT2D eigenvalue weighted by Crippen LogP contribution is 2.28. The number of hydrogen-bond donors (Lipinski definition) is 0. The summed E-state index contributed by atoms with van der Waals surface area (Å²) in [5.74, 6) is 1.52. The highest BCUT2D eigenvalue weighted by molar-refractivity contribution is 5.81. The standard InChI is InChI=1S/C15H24N2O3/c1-4-15(3,19-5-2)14-16-13(20-17-14)10-11-8-6-7-9-12(11)18/h11H,4-10H2,1-3H3. The number of ketones is 1. The molecule has 2 unspecified atom stereocenters. The van der Waals surface area contributed by atoms with E-state index in [1.165, 1.54) is 0 Å². The molecular formula is C15H24N2O3. The number of rotatable bonds is 6. The van der Waals surface area contributed by atoms with Gasteiger partial charge in [0.15, 0.2) is 0 Å². The van der Waals surface area contributed by atoms with Crippen LogP contribution in [-0.4, -0.2) is 22.5 Å². The van der Waals surface area contributed by atoms with E-state index in [2.05, 4.69) is 10.1 Å². The van der Waals surface area contributed by atoms with Gasteiger partial charge < -0.3 is 9.26 Å². The summed E-state index contributed by atoms with van der Waals surface area (Å²) in [5.41, 5.74) is -0.507. The van der Waals surface area contributed by atoms with Gasteiger partial charge in [-0.2, -0.15) is 4.98 Å². The molecule has 0 saturated heterocycles. The predicted octanol–water partition coefficient (Wildman–Crippen LogP) is 3.03. The second-order valence-electron chi connectivity index (χ2n) is 5.64. The first-order chi connectivity index (χ1) is 9.59. The average molecular weight is 280 g/mol. The van der Waals surface area contributed by atoms with Gasteiger partial charge in [-0.15, -0.1) is 0 Å². The van der Waals surface area contributed by atoms with Gasteiger partial charge in [-0.3, -0.25) is 4.79 Å². The van der Waals surface area contributed by atoms with Crippen LogP contribution in [0.3, 0.4) is 0 Å². The summed E-state index contributed by atoms with van der Waals surface area (Å²) >= 11 is 0. The van der Waals surface area contributed by atoms with E-state index < -0.39 is 5.60 Å². The van der Waals surface area contributed by atoms with Crippen LogP contribution >= 0.6 is 0 Å². The Labute approximate surface area is 120 Å². The van der Waals surface area contributed by atoms with Crippen molar-refractivity contribution in [3.05, 3.63) is 11.7 Å². The van der Waals surface area contributed by atoms with Gasteiger partial charge in [-0.25, -0.2) is 0 Å². The zero-order chi connectivity index (χ0) is 14.6. The summed E-state index contributed by atoms with van der Waals surface area (Å²) in [4.78, 5) is 16.3. The Balaban J connectivity index is 2.06. The Kier molecular flexibility index (Phi) is 4.91. The molecule has 1 saturated carbocycles. The van der Waals surface area contributed by atoms with E-state index >= 15 is 0 Å². The zero-order valence-electron chi connectivity index (χ0n) is 12.6. The minimum Gasteiger partial charge on any atom is -0.367 e. The molecule has 1 fully saturated rings. The van der Waals surface area contributed by atoms with Gasteiger partial charge >= 0.3 is 0 Å². The Bertz CT molecular complexity index is 458. The van der Waals surface area contributed by atoms with E-state index in [0.29, 0.717) is 36.9 Å². The Morgan fingerprint density at radius 2 is 2.20 bits per heavy atom. The Morgan fingerprint density at radius 3 is 2.85 bits per heavy atom. The molecule has 5 heteroatoms. The Hall–Kier alpha value is -1.23. The van der Waals surface area contributed by atoms with Crippen molar-refractivity contribution in [2.45, 2.75) is 64.9 Å². The normalized spacial score (nSPS) is 22.8. The lowest BCUT2D eigenvalue weighted by atomic mass is 9.86. The predicted molar refractivity (Wildman–Crippen MR) is 74.2 cm³/mol. The fourth-order valence-electron chi connectivity index (χ4n) is 2.68. The lowest BCUT2D eigenvalue weighted by molar-refractivity contribution is -0.124. The van der Waals surface area contributed by atoms with Crippen molar-refractivity contribution in [3.8, 4) is 0 Å². The van der Waals surface area contributed by atoms with E-state index in [9.17, 15) is 4.79 Å². The second-order valence-corrected chi connectivity index (χ2v) is 5.64. The molecule has 0 aliphatic heterocycles. The summed E-state index contributed by atoms with van der Waals surface area (Å²) in [7, 11) is 0. The average Bonchev–Trinajstić information content (AvgIpc) is 2.91. The highest BCUT2D eigenvalue weighted by Gasteiger charge is 2.32. The number of ether oxygens (including phenoxy) is 1. The molecule has 0 amide bonds. The molecule has 0 N–H and O–H groups in total. The molecule has 0 radical (unpaired) electrons. The van der Waals surface area contributed by atoms with Crippen molar-refractivity contribution in [1.82, 2.24) is 10.1 Å². The fraction of sp³-hybridized carbons (Fsp3) is 0.800. The third-order valence-electron chi connectivity index (χ3n) is 4.18. The first-order valence-corrected chi connectivity index (χ1v) is 7.58. The third kappa shape index (κ3) is 3.26. The zero-order valence-corrected chi connectivity index (χ0v) is 12.6. The maximum atomic E-state index is 11.8. The van der Waals surface area contributed by atoms with Gasteiger partial charge in [0, 0.05) is 25.4 Å². The molecule has 2 atom stereocenters. The largest absolute Gasteiger partial charge is 0.367 e. The molecule has 5 nitrogen and oxygen atoms in total. The van der Waals surface area contributed by atoms with E-state index in [-0.39, 0.29) is 5.92 Å². The van der Waals surface area contributed by atoms with Crippen molar-refractivity contribution in [3.63, 3.8) is 0 Å². The number of nitrogens with zero attached hydrogens (tertiary/aromatic N) is 2. The third-order valence-corrected chi connectivity index (χ3v) is 4.18. The van der Waals surface area contributed by atoms with Gasteiger partial charge in [0.2, 0.25) is 11.7 Å². The molecule has 1 aromatic heterocycles. The molecule has 1 aromatic rings. The number of carbonyl (C=O) groups is 1. The summed E-state index contributed by atoms with van der Waals surface area (Å²) in [6.07, 6.45) is 5.11. The molecule has 1 aliphatic rings. The summed E-state index contributed by atoms with van der Waals surface area (Å²) in [5, 5.41) is 4.05. The van der Waals surface area contributed by atoms with Crippen LogP contribution in [0.2, 0.25) is 0 Å². The summed E-state index contributed by atoms with van der Waals surface area (Å²) in [6.45, 7) is 6.57. The molecule has 0 spiro atoms. The van der Waals surface area contributed by atoms with Crippen molar-refractivity contribution in [1.29, 1.82) is 0 Å². The van der Waals surface area contributed by atoms with Crippen LogP contribution < -0.4 is 0 Å². The smallest absolute Gasteiger partial charge is 0.227 e. The van der Waals surface area contributed by atoms with Crippen molar-refractivity contribution < 1.29 is 14.1 Å². The van der Waals surface area contributed by atoms with E-state index in [0.717, 1.165) is 25.7 Å². The van der Waals surface area contributed by atoms with E-state index in [1.54, 1.807) is 0 Å². The molecule has 1 aliphatic carbocycles. The molecule has 20 heavy (non-hydrogen) atoms. The first kappa shape index (κ1) is 15.2. The van der Waals surface area contributed by atoms with E-state index in [4.69, 9.17) is 9.26 Å². The summed E-state index contributed by atoms with van der Waals surface area (Å²) in [6, 6.07) is 0. The van der Waals surface area contributed by atoms with Crippen LogP contribution in [0.5, 0.6) is 0 Å².